The Kier molecular flexibility index (Phi) is 5.68. The predicted molar refractivity (Wildman–Crippen MR) is 105 cm³/mol. The molecule has 2 saturated heterocycles. The molecule has 1 aromatic carbocycles. The fourth-order valence-corrected chi connectivity index (χ4v) is 4.07. The maximum atomic E-state index is 12.8. The third-order valence-corrected chi connectivity index (χ3v) is 5.45. The maximum absolute atomic E-state index is 12.8. The van der Waals surface area contributed by atoms with Gasteiger partial charge in [0.1, 0.15) is 0 Å². The van der Waals surface area contributed by atoms with Crippen molar-refractivity contribution in [3.63, 3.8) is 0 Å². The Bertz CT molecular complexity index is 771. The monoisotopic (exact) mass is 374 g/mol. The highest BCUT2D eigenvalue weighted by Gasteiger charge is 2.31. The molecule has 2 aromatic rings. The lowest BCUT2D eigenvalue weighted by molar-refractivity contribution is 0.0748. The number of likely N-dealkylation sites (tertiary alicyclic amines) is 1. The van der Waals surface area contributed by atoms with Crippen LogP contribution in [0.25, 0.3) is 0 Å². The van der Waals surface area contributed by atoms with Crippen LogP contribution in [0.15, 0.2) is 30.3 Å². The van der Waals surface area contributed by atoms with Gasteiger partial charge in [0.2, 0.25) is 0 Å². The number of hydrogen-bond acceptors (Lipinski definition) is 3. The number of carbonyl (C=O) groups is 1. The van der Waals surface area contributed by atoms with Crippen LogP contribution in [0.1, 0.15) is 46.6 Å². The number of fused-ring (bicyclic) bond motifs is 2. The van der Waals surface area contributed by atoms with Gasteiger partial charge >= 0.3 is 0 Å². The van der Waals surface area contributed by atoms with E-state index >= 15 is 0 Å². The summed E-state index contributed by atoms with van der Waals surface area (Å²) >= 11 is 0. The number of aromatic nitrogens is 2. The highest BCUT2D eigenvalue weighted by Crippen LogP contribution is 2.21. The van der Waals surface area contributed by atoms with Crippen molar-refractivity contribution in [2.75, 3.05) is 13.1 Å². The largest absolute Gasteiger partial charge is 0.337 e. The molecular weight excluding hydrogens is 348 g/mol. The van der Waals surface area contributed by atoms with Crippen molar-refractivity contribution >= 4 is 18.3 Å². The van der Waals surface area contributed by atoms with Gasteiger partial charge in [0, 0.05) is 36.4 Å². The summed E-state index contributed by atoms with van der Waals surface area (Å²) in [7, 11) is 0. The lowest BCUT2D eigenvalue weighted by atomic mass is 10.1. The number of halogens is 1. The van der Waals surface area contributed by atoms with E-state index in [0.29, 0.717) is 12.1 Å². The highest BCUT2D eigenvalue weighted by molar-refractivity contribution is 5.94. The predicted octanol–water partition coefficient (Wildman–Crippen LogP) is 2.94. The second-order valence-electron chi connectivity index (χ2n) is 7.46. The van der Waals surface area contributed by atoms with Gasteiger partial charge in [-0.2, -0.15) is 5.10 Å². The van der Waals surface area contributed by atoms with E-state index in [9.17, 15) is 4.79 Å². The zero-order valence-electron chi connectivity index (χ0n) is 15.4. The molecule has 1 amide bonds. The quantitative estimate of drug-likeness (QED) is 0.898. The van der Waals surface area contributed by atoms with Gasteiger partial charge in [-0.05, 0) is 56.9 Å². The number of hydrogen-bond donors (Lipinski definition) is 1. The summed E-state index contributed by atoms with van der Waals surface area (Å²) in [6, 6.07) is 11.2. The number of carbonyl (C=O) groups excluding carboxylic acids is 1. The Balaban J connectivity index is 0.00000196. The first-order valence-electron chi connectivity index (χ1n) is 9.24. The second kappa shape index (κ2) is 7.80. The van der Waals surface area contributed by atoms with E-state index in [-0.39, 0.29) is 18.3 Å². The molecular formula is C20H27ClN4O. The molecule has 4 rings (SSSR count). The van der Waals surface area contributed by atoms with Crippen LogP contribution in [0.2, 0.25) is 0 Å². The number of nitrogens with one attached hydrogen (secondary N) is 1. The summed E-state index contributed by atoms with van der Waals surface area (Å²) in [5.74, 6) is 0.159. The standard InChI is InChI=1S/C20H26N4O.ClH/c1-14-11-15(2)24(22-14)12-16-3-5-17(6-4-16)20(25)23-10-9-18-7-8-19(13-23)21-18;/h3-6,11,18-19,21H,7-10,12-13H2,1-2H3;1H. The molecule has 2 fully saturated rings. The highest BCUT2D eigenvalue weighted by atomic mass is 35.5. The average molecular weight is 375 g/mol. The number of rotatable bonds is 3. The van der Waals surface area contributed by atoms with Crippen molar-refractivity contribution in [1.29, 1.82) is 0 Å². The third-order valence-electron chi connectivity index (χ3n) is 5.45. The Morgan fingerprint density at radius 3 is 2.58 bits per heavy atom. The normalized spacial score (nSPS) is 22.0. The fourth-order valence-electron chi connectivity index (χ4n) is 4.07. The third kappa shape index (κ3) is 3.94. The minimum atomic E-state index is 0. The second-order valence-corrected chi connectivity index (χ2v) is 7.46. The maximum Gasteiger partial charge on any atom is 0.253 e. The van der Waals surface area contributed by atoms with Crippen molar-refractivity contribution < 1.29 is 4.79 Å². The summed E-state index contributed by atoms with van der Waals surface area (Å²) in [5.41, 5.74) is 4.15. The molecule has 2 aliphatic rings. The number of nitrogens with zero attached hydrogens (tertiary/aromatic N) is 3. The van der Waals surface area contributed by atoms with Gasteiger partial charge in [-0.3, -0.25) is 9.48 Å². The van der Waals surface area contributed by atoms with Crippen molar-refractivity contribution in [1.82, 2.24) is 20.0 Å². The van der Waals surface area contributed by atoms with E-state index in [2.05, 4.69) is 23.4 Å². The van der Waals surface area contributed by atoms with Gasteiger partial charge < -0.3 is 10.2 Å². The van der Waals surface area contributed by atoms with Gasteiger partial charge in [-0.15, -0.1) is 12.4 Å². The number of benzene rings is 1. The van der Waals surface area contributed by atoms with E-state index in [4.69, 9.17) is 0 Å². The van der Waals surface area contributed by atoms with Gasteiger partial charge in [0.25, 0.3) is 5.91 Å². The lowest BCUT2D eigenvalue weighted by Crippen LogP contribution is -2.39. The minimum absolute atomic E-state index is 0. The molecule has 2 bridgehead atoms. The Morgan fingerprint density at radius 1 is 1.15 bits per heavy atom. The van der Waals surface area contributed by atoms with Crippen molar-refractivity contribution in [2.24, 2.45) is 0 Å². The molecule has 1 N–H and O–H groups in total. The Morgan fingerprint density at radius 2 is 1.88 bits per heavy atom. The van der Waals surface area contributed by atoms with E-state index in [0.717, 1.165) is 43.0 Å². The van der Waals surface area contributed by atoms with Crippen LogP contribution in [-0.2, 0) is 6.54 Å². The van der Waals surface area contributed by atoms with Crippen LogP contribution in [0.4, 0.5) is 0 Å². The van der Waals surface area contributed by atoms with Crippen LogP contribution in [0.3, 0.4) is 0 Å². The first kappa shape index (κ1) is 18.9. The summed E-state index contributed by atoms with van der Waals surface area (Å²) in [5, 5.41) is 8.13. The summed E-state index contributed by atoms with van der Waals surface area (Å²) in [4.78, 5) is 14.9. The van der Waals surface area contributed by atoms with Crippen LogP contribution < -0.4 is 5.32 Å². The van der Waals surface area contributed by atoms with Gasteiger partial charge in [-0.1, -0.05) is 12.1 Å². The lowest BCUT2D eigenvalue weighted by Gasteiger charge is -2.24. The van der Waals surface area contributed by atoms with E-state index in [1.807, 2.05) is 40.8 Å². The molecule has 2 unspecified atom stereocenters. The summed E-state index contributed by atoms with van der Waals surface area (Å²) in [6.45, 7) is 6.52. The molecule has 1 aromatic heterocycles. The summed E-state index contributed by atoms with van der Waals surface area (Å²) < 4.78 is 2.00. The van der Waals surface area contributed by atoms with E-state index in [1.54, 1.807) is 0 Å². The van der Waals surface area contributed by atoms with Crippen LogP contribution in [-0.4, -0.2) is 45.8 Å². The molecule has 6 heteroatoms. The van der Waals surface area contributed by atoms with Gasteiger partial charge in [-0.25, -0.2) is 0 Å². The zero-order valence-corrected chi connectivity index (χ0v) is 16.3. The van der Waals surface area contributed by atoms with E-state index in [1.165, 1.54) is 18.4 Å². The van der Waals surface area contributed by atoms with Crippen molar-refractivity contribution in [3.8, 4) is 0 Å². The first-order valence-corrected chi connectivity index (χ1v) is 9.24. The molecule has 0 aliphatic carbocycles. The average Bonchev–Trinajstić information content (AvgIpc) is 3.08. The molecule has 3 heterocycles. The zero-order chi connectivity index (χ0) is 17.4. The molecule has 0 spiro atoms. The first-order chi connectivity index (χ1) is 12.1. The summed E-state index contributed by atoms with van der Waals surface area (Å²) in [6.07, 6.45) is 3.52. The fraction of sp³-hybridized carbons (Fsp3) is 0.500. The molecule has 140 valence electrons. The molecule has 2 atom stereocenters. The molecule has 0 saturated carbocycles. The number of aryl methyl sites for hydroxylation is 2. The Hall–Kier alpha value is -1.85. The van der Waals surface area contributed by atoms with Gasteiger partial charge in [0.05, 0.1) is 12.2 Å². The molecule has 5 nitrogen and oxygen atoms in total. The van der Waals surface area contributed by atoms with Crippen LogP contribution in [0.5, 0.6) is 0 Å². The van der Waals surface area contributed by atoms with Crippen molar-refractivity contribution in [3.05, 3.63) is 52.8 Å². The minimum Gasteiger partial charge on any atom is -0.337 e. The van der Waals surface area contributed by atoms with Crippen LogP contribution in [0, 0.1) is 13.8 Å². The Labute approximate surface area is 161 Å². The molecule has 0 radical (unpaired) electrons. The topological polar surface area (TPSA) is 50.2 Å². The molecule has 26 heavy (non-hydrogen) atoms. The van der Waals surface area contributed by atoms with Crippen molar-refractivity contribution in [2.45, 2.75) is 51.7 Å². The number of amides is 1. The van der Waals surface area contributed by atoms with Crippen LogP contribution >= 0.6 is 12.4 Å². The van der Waals surface area contributed by atoms with Gasteiger partial charge in [0.15, 0.2) is 0 Å². The molecule has 2 aliphatic heterocycles. The smallest absolute Gasteiger partial charge is 0.253 e. The SMILES string of the molecule is Cc1cc(C)n(Cc2ccc(C(=O)N3CCC4CCC(C3)N4)cc2)n1.Cl. The van der Waals surface area contributed by atoms with E-state index < -0.39 is 0 Å².